The van der Waals surface area contributed by atoms with E-state index in [9.17, 15) is 14.4 Å². The number of thioether (sulfide) groups is 1. The Balaban J connectivity index is 1.56. The van der Waals surface area contributed by atoms with Gasteiger partial charge in [0.05, 0.1) is 18.6 Å². The van der Waals surface area contributed by atoms with E-state index in [0.29, 0.717) is 33.4 Å². The van der Waals surface area contributed by atoms with E-state index in [1.54, 1.807) is 36.4 Å². The van der Waals surface area contributed by atoms with Crippen molar-refractivity contribution in [3.63, 3.8) is 0 Å². The van der Waals surface area contributed by atoms with Crippen LogP contribution in [0.3, 0.4) is 0 Å². The highest BCUT2D eigenvalue weighted by Crippen LogP contribution is 2.39. The van der Waals surface area contributed by atoms with E-state index in [4.69, 9.17) is 30.5 Å². The number of methoxy groups -OCH3 is 1. The van der Waals surface area contributed by atoms with Gasteiger partial charge >= 0.3 is 5.97 Å². The van der Waals surface area contributed by atoms with Crippen molar-refractivity contribution >= 4 is 46.6 Å². The minimum atomic E-state index is -0.477. The zero-order valence-electron chi connectivity index (χ0n) is 16.5. The number of benzene rings is 2. The third kappa shape index (κ3) is 4.33. The van der Waals surface area contributed by atoms with Crippen LogP contribution in [0.15, 0.2) is 35.2 Å². The lowest BCUT2D eigenvalue weighted by atomic mass is 10.1. The van der Waals surface area contributed by atoms with Gasteiger partial charge in [-0.3, -0.25) is 19.3 Å². The molecule has 0 atom stereocenters. The zero-order valence-corrected chi connectivity index (χ0v) is 18.0. The van der Waals surface area contributed by atoms with Crippen molar-refractivity contribution in [2.75, 3.05) is 13.9 Å². The first-order valence-corrected chi connectivity index (χ1v) is 10.2. The van der Waals surface area contributed by atoms with Crippen molar-refractivity contribution in [1.82, 2.24) is 4.90 Å². The lowest BCUT2D eigenvalue weighted by Gasteiger charge is -2.14. The molecule has 0 aliphatic carbocycles. The summed E-state index contributed by atoms with van der Waals surface area (Å²) in [5.74, 6) is 0.713. The SMILES string of the molecule is COc1cc(/C=C2\SC(=O)N(Cc3cc4c(cc3Cl)OCO4)C2=O)ccc1OC(C)=O. The second kappa shape index (κ2) is 8.52. The lowest BCUT2D eigenvalue weighted by Crippen LogP contribution is -2.27. The summed E-state index contributed by atoms with van der Waals surface area (Å²) < 4.78 is 20.9. The summed E-state index contributed by atoms with van der Waals surface area (Å²) in [4.78, 5) is 37.9. The first-order valence-electron chi connectivity index (χ1n) is 9.05. The van der Waals surface area contributed by atoms with Gasteiger partial charge in [-0.2, -0.15) is 0 Å². The number of esters is 1. The number of carbonyl (C=O) groups excluding carboxylic acids is 3. The van der Waals surface area contributed by atoms with Crippen LogP contribution in [0.2, 0.25) is 5.02 Å². The first-order chi connectivity index (χ1) is 14.9. The van der Waals surface area contributed by atoms with Gasteiger partial charge in [0.2, 0.25) is 6.79 Å². The van der Waals surface area contributed by atoms with Crippen LogP contribution in [0.25, 0.3) is 6.08 Å². The van der Waals surface area contributed by atoms with Crippen molar-refractivity contribution in [2.45, 2.75) is 13.5 Å². The van der Waals surface area contributed by atoms with Crippen LogP contribution in [0.5, 0.6) is 23.0 Å². The van der Waals surface area contributed by atoms with Gasteiger partial charge in [-0.05, 0) is 47.2 Å². The molecule has 0 N–H and O–H groups in total. The van der Waals surface area contributed by atoms with Crippen LogP contribution in [0, 0.1) is 0 Å². The molecule has 2 aromatic carbocycles. The minimum Gasteiger partial charge on any atom is -0.493 e. The Labute approximate surface area is 186 Å². The first kappa shape index (κ1) is 21.1. The van der Waals surface area contributed by atoms with Gasteiger partial charge in [-0.25, -0.2) is 0 Å². The standard InChI is InChI=1S/C21H16ClNO7S/c1-11(24)30-15-4-3-12(5-16(15)27-2)6-19-20(25)23(21(26)31-19)9-13-7-17-18(8-14(13)22)29-10-28-17/h3-8H,9-10H2,1-2H3/b19-6-. The number of rotatable bonds is 5. The Morgan fingerprint density at radius 2 is 1.94 bits per heavy atom. The maximum Gasteiger partial charge on any atom is 0.308 e. The fourth-order valence-electron chi connectivity index (χ4n) is 3.05. The van der Waals surface area contributed by atoms with E-state index in [1.165, 1.54) is 14.0 Å². The van der Waals surface area contributed by atoms with E-state index < -0.39 is 17.1 Å². The fraction of sp³-hybridized carbons (Fsp3) is 0.190. The largest absolute Gasteiger partial charge is 0.493 e. The van der Waals surface area contributed by atoms with Crippen LogP contribution in [-0.2, 0) is 16.1 Å². The van der Waals surface area contributed by atoms with E-state index in [2.05, 4.69) is 0 Å². The summed E-state index contributed by atoms with van der Waals surface area (Å²) in [6, 6.07) is 8.09. The molecule has 2 aromatic rings. The summed E-state index contributed by atoms with van der Waals surface area (Å²) in [6.07, 6.45) is 1.58. The summed E-state index contributed by atoms with van der Waals surface area (Å²) in [7, 11) is 1.44. The normalized spacial score (nSPS) is 16.2. The Hall–Kier alpha value is -3.17. The molecule has 2 amide bonds. The molecule has 8 nitrogen and oxygen atoms in total. The summed E-state index contributed by atoms with van der Waals surface area (Å²) >= 11 is 7.10. The second-order valence-electron chi connectivity index (χ2n) is 6.57. The second-order valence-corrected chi connectivity index (χ2v) is 7.97. The molecule has 4 rings (SSSR count). The lowest BCUT2D eigenvalue weighted by molar-refractivity contribution is -0.132. The van der Waals surface area contributed by atoms with Gasteiger partial charge in [0.1, 0.15) is 0 Å². The summed E-state index contributed by atoms with van der Waals surface area (Å²) in [5, 5.41) is -0.0356. The van der Waals surface area contributed by atoms with Crippen molar-refractivity contribution in [1.29, 1.82) is 0 Å². The number of ether oxygens (including phenoxy) is 4. The number of halogens is 1. The van der Waals surface area contributed by atoms with Crippen molar-refractivity contribution < 1.29 is 33.3 Å². The molecule has 160 valence electrons. The van der Waals surface area contributed by atoms with E-state index >= 15 is 0 Å². The van der Waals surface area contributed by atoms with Gasteiger partial charge in [-0.1, -0.05) is 17.7 Å². The molecule has 0 bridgehead atoms. The smallest absolute Gasteiger partial charge is 0.308 e. The van der Waals surface area contributed by atoms with E-state index in [0.717, 1.165) is 16.7 Å². The number of fused-ring (bicyclic) bond motifs is 1. The number of hydrogen-bond acceptors (Lipinski definition) is 8. The molecular weight excluding hydrogens is 446 g/mol. The van der Waals surface area contributed by atoms with Crippen LogP contribution in [0.1, 0.15) is 18.1 Å². The van der Waals surface area contributed by atoms with Crippen LogP contribution < -0.4 is 18.9 Å². The summed E-state index contributed by atoms with van der Waals surface area (Å²) in [5.41, 5.74) is 1.18. The molecule has 0 spiro atoms. The highest BCUT2D eigenvalue weighted by molar-refractivity contribution is 8.18. The van der Waals surface area contributed by atoms with Crippen molar-refractivity contribution in [2.24, 2.45) is 0 Å². The molecule has 0 saturated carbocycles. The maximum atomic E-state index is 12.9. The van der Waals surface area contributed by atoms with E-state index in [1.807, 2.05) is 0 Å². The van der Waals surface area contributed by atoms with E-state index in [-0.39, 0.29) is 24.0 Å². The van der Waals surface area contributed by atoms with Gasteiger partial charge in [0, 0.05) is 18.0 Å². The van der Waals surface area contributed by atoms with Crippen molar-refractivity contribution in [3.8, 4) is 23.0 Å². The minimum absolute atomic E-state index is 0.00614. The Bertz CT molecular complexity index is 1130. The van der Waals surface area contributed by atoms with Gasteiger partial charge in [-0.15, -0.1) is 0 Å². The zero-order chi connectivity index (χ0) is 22.1. The van der Waals surface area contributed by atoms with Gasteiger partial charge in [0.15, 0.2) is 23.0 Å². The molecule has 2 heterocycles. The highest BCUT2D eigenvalue weighted by Gasteiger charge is 2.35. The number of carbonyl (C=O) groups is 3. The molecule has 0 unspecified atom stereocenters. The molecule has 1 fully saturated rings. The number of nitrogens with zero attached hydrogens (tertiary/aromatic N) is 1. The van der Waals surface area contributed by atoms with Crippen molar-refractivity contribution in [3.05, 3.63) is 51.4 Å². The van der Waals surface area contributed by atoms with Crippen LogP contribution >= 0.6 is 23.4 Å². The molecule has 0 aromatic heterocycles. The third-order valence-electron chi connectivity index (χ3n) is 4.48. The summed E-state index contributed by atoms with van der Waals surface area (Å²) in [6.45, 7) is 1.39. The predicted molar refractivity (Wildman–Crippen MR) is 113 cm³/mol. The number of hydrogen-bond donors (Lipinski definition) is 0. The Kier molecular flexibility index (Phi) is 5.79. The third-order valence-corrected chi connectivity index (χ3v) is 5.74. The molecule has 2 aliphatic heterocycles. The number of amides is 2. The highest BCUT2D eigenvalue weighted by atomic mass is 35.5. The molecule has 31 heavy (non-hydrogen) atoms. The molecule has 2 aliphatic rings. The monoisotopic (exact) mass is 461 g/mol. The molecule has 0 radical (unpaired) electrons. The van der Waals surface area contributed by atoms with Crippen LogP contribution in [0.4, 0.5) is 4.79 Å². The quantitative estimate of drug-likeness (QED) is 0.371. The maximum absolute atomic E-state index is 12.9. The Morgan fingerprint density at radius 1 is 1.19 bits per heavy atom. The topological polar surface area (TPSA) is 91.4 Å². The van der Waals surface area contributed by atoms with Crippen LogP contribution in [-0.4, -0.2) is 35.9 Å². The average Bonchev–Trinajstić information content (AvgIpc) is 3.28. The van der Waals surface area contributed by atoms with Gasteiger partial charge < -0.3 is 18.9 Å². The predicted octanol–water partition coefficient (Wildman–Crippen LogP) is 4.24. The number of imide groups is 1. The molecule has 10 heteroatoms. The fourth-order valence-corrected chi connectivity index (χ4v) is 4.10. The average molecular weight is 462 g/mol. The van der Waals surface area contributed by atoms with Gasteiger partial charge in [0.25, 0.3) is 11.1 Å². The Morgan fingerprint density at radius 3 is 2.65 bits per heavy atom. The molecular formula is C21H16ClNO7S. The molecule has 1 saturated heterocycles.